The number of nitrogens with one attached hydrogen (secondary N) is 1. The molecule has 0 bridgehead atoms. The molecule has 0 amide bonds. The minimum Gasteiger partial charge on any atom is -0.392 e. The monoisotopic (exact) mass is 239 g/mol. The summed E-state index contributed by atoms with van der Waals surface area (Å²) in [5, 5.41) is 13.5. The zero-order valence-corrected chi connectivity index (χ0v) is 11.5. The maximum atomic E-state index is 9.87. The van der Waals surface area contributed by atoms with Crippen LogP contribution in [0.25, 0.3) is 0 Å². The van der Waals surface area contributed by atoms with Gasteiger partial charge in [0.05, 0.1) is 6.10 Å². The van der Waals surface area contributed by atoms with Gasteiger partial charge < -0.3 is 10.4 Å². The summed E-state index contributed by atoms with van der Waals surface area (Å²) in [6.45, 7) is 5.81. The summed E-state index contributed by atoms with van der Waals surface area (Å²) in [5.41, 5.74) is 0.538. The lowest BCUT2D eigenvalue weighted by atomic mass is 9.78. The number of hydrogen-bond acceptors (Lipinski definition) is 2. The third-order valence-corrected chi connectivity index (χ3v) is 4.72. The van der Waals surface area contributed by atoms with Gasteiger partial charge in [-0.15, -0.1) is 0 Å². The van der Waals surface area contributed by atoms with Crippen LogP contribution in [0.4, 0.5) is 0 Å². The number of rotatable bonds is 5. The first-order chi connectivity index (χ1) is 8.11. The van der Waals surface area contributed by atoms with Crippen molar-refractivity contribution in [1.29, 1.82) is 0 Å². The first-order valence-corrected chi connectivity index (χ1v) is 7.53. The number of aliphatic hydroxyl groups is 1. The molecule has 0 heterocycles. The van der Waals surface area contributed by atoms with Gasteiger partial charge in [-0.1, -0.05) is 26.7 Å². The van der Waals surface area contributed by atoms with E-state index in [0.717, 1.165) is 18.9 Å². The fourth-order valence-electron chi connectivity index (χ4n) is 3.97. The van der Waals surface area contributed by atoms with Crippen LogP contribution in [-0.2, 0) is 0 Å². The molecule has 2 N–H and O–H groups in total. The molecule has 2 nitrogen and oxygen atoms in total. The summed E-state index contributed by atoms with van der Waals surface area (Å²) in [5.74, 6) is 0.795. The fraction of sp³-hybridized carbons (Fsp3) is 1.00. The van der Waals surface area contributed by atoms with Crippen LogP contribution < -0.4 is 5.32 Å². The van der Waals surface area contributed by atoms with E-state index in [1.807, 2.05) is 0 Å². The van der Waals surface area contributed by atoms with E-state index in [2.05, 4.69) is 19.2 Å². The standard InChI is InChI=1S/C15H29NO/c1-12(2)10-15(8-3-4-9-15)11-16-13-6-5-7-14(13)17/h12-14,16-17H,3-11H2,1-2H3. The molecule has 0 spiro atoms. The van der Waals surface area contributed by atoms with E-state index < -0.39 is 0 Å². The maximum Gasteiger partial charge on any atom is 0.0693 e. The molecule has 2 heteroatoms. The average Bonchev–Trinajstić information content (AvgIpc) is 2.85. The van der Waals surface area contributed by atoms with Crippen LogP contribution in [0, 0.1) is 11.3 Å². The van der Waals surface area contributed by atoms with Crippen molar-refractivity contribution in [3.63, 3.8) is 0 Å². The van der Waals surface area contributed by atoms with Crippen molar-refractivity contribution in [3.05, 3.63) is 0 Å². The second-order valence-electron chi connectivity index (χ2n) is 6.79. The third kappa shape index (κ3) is 3.45. The van der Waals surface area contributed by atoms with Crippen LogP contribution in [-0.4, -0.2) is 23.8 Å². The van der Waals surface area contributed by atoms with Gasteiger partial charge >= 0.3 is 0 Å². The van der Waals surface area contributed by atoms with Gasteiger partial charge in [0.15, 0.2) is 0 Å². The highest BCUT2D eigenvalue weighted by molar-refractivity contribution is 4.91. The van der Waals surface area contributed by atoms with Gasteiger partial charge in [0.25, 0.3) is 0 Å². The predicted octanol–water partition coefficient (Wildman–Crippen LogP) is 3.10. The molecular weight excluding hydrogens is 210 g/mol. The van der Waals surface area contributed by atoms with E-state index in [-0.39, 0.29) is 6.10 Å². The Balaban J connectivity index is 1.85. The first-order valence-electron chi connectivity index (χ1n) is 7.53. The summed E-state index contributed by atoms with van der Waals surface area (Å²) in [6.07, 6.45) is 10.2. The van der Waals surface area contributed by atoms with Crippen LogP contribution in [0.1, 0.15) is 65.2 Å². The Kier molecular flexibility index (Phi) is 4.48. The summed E-state index contributed by atoms with van der Waals surface area (Å²) in [6, 6.07) is 0.375. The molecule has 0 aromatic heterocycles. The van der Waals surface area contributed by atoms with Crippen molar-refractivity contribution in [2.24, 2.45) is 11.3 Å². The van der Waals surface area contributed by atoms with E-state index in [9.17, 15) is 5.11 Å². The zero-order valence-electron chi connectivity index (χ0n) is 11.5. The number of aliphatic hydroxyl groups excluding tert-OH is 1. The lowest BCUT2D eigenvalue weighted by molar-refractivity contribution is 0.133. The van der Waals surface area contributed by atoms with Crippen molar-refractivity contribution in [3.8, 4) is 0 Å². The minimum absolute atomic E-state index is 0.0903. The highest BCUT2D eigenvalue weighted by Crippen LogP contribution is 2.42. The Morgan fingerprint density at radius 1 is 1.18 bits per heavy atom. The molecule has 2 unspecified atom stereocenters. The van der Waals surface area contributed by atoms with Gasteiger partial charge in [0.1, 0.15) is 0 Å². The van der Waals surface area contributed by atoms with Gasteiger partial charge in [-0.3, -0.25) is 0 Å². The van der Waals surface area contributed by atoms with Crippen LogP contribution in [0.3, 0.4) is 0 Å². The Morgan fingerprint density at radius 2 is 1.88 bits per heavy atom. The Bertz CT molecular complexity index is 233. The molecule has 0 saturated heterocycles. The van der Waals surface area contributed by atoms with E-state index in [0.29, 0.717) is 11.5 Å². The van der Waals surface area contributed by atoms with Gasteiger partial charge in [-0.05, 0) is 49.9 Å². The molecule has 2 fully saturated rings. The van der Waals surface area contributed by atoms with Crippen LogP contribution in [0.15, 0.2) is 0 Å². The van der Waals surface area contributed by atoms with Gasteiger partial charge in [-0.2, -0.15) is 0 Å². The highest BCUT2D eigenvalue weighted by Gasteiger charge is 2.35. The molecular formula is C15H29NO. The van der Waals surface area contributed by atoms with Gasteiger partial charge in [0, 0.05) is 12.6 Å². The Morgan fingerprint density at radius 3 is 2.41 bits per heavy atom. The lowest BCUT2D eigenvalue weighted by Gasteiger charge is -2.33. The van der Waals surface area contributed by atoms with Crippen LogP contribution in [0.2, 0.25) is 0 Å². The summed E-state index contributed by atoms with van der Waals surface area (Å²) in [7, 11) is 0. The molecule has 2 rings (SSSR count). The molecule has 17 heavy (non-hydrogen) atoms. The molecule has 0 aromatic carbocycles. The molecule has 0 aromatic rings. The van der Waals surface area contributed by atoms with Crippen molar-refractivity contribution in [1.82, 2.24) is 5.32 Å². The summed E-state index contributed by atoms with van der Waals surface area (Å²) < 4.78 is 0. The minimum atomic E-state index is -0.0903. The molecule has 0 aliphatic heterocycles. The van der Waals surface area contributed by atoms with Crippen molar-refractivity contribution >= 4 is 0 Å². The Hall–Kier alpha value is -0.0800. The molecule has 2 aliphatic rings. The van der Waals surface area contributed by atoms with E-state index in [4.69, 9.17) is 0 Å². The van der Waals surface area contributed by atoms with E-state index >= 15 is 0 Å². The second-order valence-corrected chi connectivity index (χ2v) is 6.79. The number of hydrogen-bond donors (Lipinski definition) is 2. The first kappa shape index (κ1) is 13.4. The third-order valence-electron chi connectivity index (χ3n) is 4.72. The Labute approximate surface area is 106 Å². The molecule has 2 aliphatic carbocycles. The predicted molar refractivity (Wildman–Crippen MR) is 72.0 cm³/mol. The van der Waals surface area contributed by atoms with E-state index in [1.54, 1.807) is 0 Å². The van der Waals surface area contributed by atoms with Crippen LogP contribution in [0.5, 0.6) is 0 Å². The molecule has 2 saturated carbocycles. The lowest BCUT2D eigenvalue weighted by Crippen LogP contribution is -2.42. The zero-order chi connectivity index (χ0) is 12.3. The normalized spacial score (nSPS) is 32.5. The van der Waals surface area contributed by atoms with Gasteiger partial charge in [-0.25, -0.2) is 0 Å². The largest absolute Gasteiger partial charge is 0.392 e. The smallest absolute Gasteiger partial charge is 0.0693 e. The second kappa shape index (κ2) is 5.71. The van der Waals surface area contributed by atoms with Crippen molar-refractivity contribution in [2.75, 3.05) is 6.54 Å². The molecule has 2 atom stereocenters. The molecule has 0 radical (unpaired) electrons. The summed E-state index contributed by atoms with van der Waals surface area (Å²) in [4.78, 5) is 0. The highest BCUT2D eigenvalue weighted by atomic mass is 16.3. The average molecular weight is 239 g/mol. The van der Waals surface area contributed by atoms with Crippen molar-refractivity contribution in [2.45, 2.75) is 77.4 Å². The topological polar surface area (TPSA) is 32.3 Å². The van der Waals surface area contributed by atoms with Gasteiger partial charge in [0.2, 0.25) is 0 Å². The van der Waals surface area contributed by atoms with E-state index in [1.165, 1.54) is 44.9 Å². The summed E-state index contributed by atoms with van der Waals surface area (Å²) >= 11 is 0. The quantitative estimate of drug-likeness (QED) is 0.772. The van der Waals surface area contributed by atoms with Crippen molar-refractivity contribution < 1.29 is 5.11 Å². The maximum absolute atomic E-state index is 9.87. The van der Waals surface area contributed by atoms with Crippen LogP contribution >= 0.6 is 0 Å². The fourth-order valence-corrected chi connectivity index (χ4v) is 3.97. The SMILES string of the molecule is CC(C)CC1(CNC2CCCC2O)CCCC1. The molecule has 100 valence electrons.